The summed E-state index contributed by atoms with van der Waals surface area (Å²) in [6, 6.07) is 9.57. The van der Waals surface area contributed by atoms with E-state index in [1.807, 2.05) is 57.7 Å². The van der Waals surface area contributed by atoms with Crippen molar-refractivity contribution >= 4 is 16.8 Å². The maximum absolute atomic E-state index is 12.7. The van der Waals surface area contributed by atoms with Crippen LogP contribution in [0.1, 0.15) is 16.8 Å². The number of para-hydroxylation sites is 1. The first-order chi connectivity index (χ1) is 12.0. The fourth-order valence-electron chi connectivity index (χ4n) is 2.76. The van der Waals surface area contributed by atoms with E-state index in [4.69, 9.17) is 0 Å². The Kier molecular flexibility index (Phi) is 5.09. The molecule has 0 atom stereocenters. The number of hydrogen-bond donors (Lipinski definition) is 1. The van der Waals surface area contributed by atoms with Crippen molar-refractivity contribution in [2.45, 2.75) is 6.42 Å². The van der Waals surface area contributed by atoms with Crippen LogP contribution in [0.2, 0.25) is 0 Å². The lowest BCUT2D eigenvalue weighted by Gasteiger charge is -2.12. The predicted octanol–water partition coefficient (Wildman–Crippen LogP) is 2.32. The Morgan fingerprint density at radius 3 is 2.80 bits per heavy atom. The molecular weight excluding hydrogens is 314 g/mol. The number of aryl methyl sites for hydroxylation is 1. The number of fused-ring (bicyclic) bond motifs is 1. The van der Waals surface area contributed by atoms with E-state index < -0.39 is 0 Å². The fourth-order valence-corrected chi connectivity index (χ4v) is 2.76. The van der Waals surface area contributed by atoms with Crippen LogP contribution in [0.25, 0.3) is 22.2 Å². The van der Waals surface area contributed by atoms with Gasteiger partial charge in [0.2, 0.25) is 0 Å². The predicted molar refractivity (Wildman–Crippen MR) is 99.4 cm³/mol. The van der Waals surface area contributed by atoms with E-state index in [1.165, 1.54) is 0 Å². The van der Waals surface area contributed by atoms with Gasteiger partial charge in [-0.25, -0.2) is 4.98 Å². The number of benzene rings is 1. The Morgan fingerprint density at radius 1 is 1.28 bits per heavy atom. The first-order valence-electron chi connectivity index (χ1n) is 8.36. The maximum atomic E-state index is 12.7. The number of carbonyl (C=O) groups excluding carboxylic acids is 1. The van der Waals surface area contributed by atoms with Crippen molar-refractivity contribution in [3.8, 4) is 11.3 Å². The zero-order chi connectivity index (χ0) is 17.8. The fraction of sp³-hybridized carbons (Fsp3) is 0.316. The third-order valence-corrected chi connectivity index (χ3v) is 4.03. The highest BCUT2D eigenvalue weighted by molar-refractivity contribution is 6.07. The number of carbonyl (C=O) groups is 1. The molecule has 2 aromatic heterocycles. The first-order valence-corrected chi connectivity index (χ1v) is 8.36. The van der Waals surface area contributed by atoms with Crippen molar-refractivity contribution in [1.29, 1.82) is 0 Å². The minimum absolute atomic E-state index is 0.0671. The summed E-state index contributed by atoms with van der Waals surface area (Å²) in [5.41, 5.74) is 3.11. The van der Waals surface area contributed by atoms with Gasteiger partial charge in [-0.1, -0.05) is 18.2 Å². The highest BCUT2D eigenvalue weighted by atomic mass is 16.1. The van der Waals surface area contributed by atoms with E-state index in [0.717, 1.165) is 35.1 Å². The number of nitrogens with one attached hydrogen (secondary N) is 1. The third-order valence-electron chi connectivity index (χ3n) is 4.03. The van der Waals surface area contributed by atoms with Crippen LogP contribution in [0, 0.1) is 0 Å². The molecule has 0 radical (unpaired) electrons. The number of amides is 1. The Hall–Kier alpha value is -2.73. The summed E-state index contributed by atoms with van der Waals surface area (Å²) in [5, 5.41) is 8.07. The maximum Gasteiger partial charge on any atom is 0.252 e. The van der Waals surface area contributed by atoms with Gasteiger partial charge < -0.3 is 10.2 Å². The average molecular weight is 337 g/mol. The van der Waals surface area contributed by atoms with Crippen LogP contribution in [0.3, 0.4) is 0 Å². The van der Waals surface area contributed by atoms with Crippen LogP contribution >= 0.6 is 0 Å². The standard InChI is InChI=1S/C19H23N5O/c1-23(2)10-6-9-20-19(25)16-11-18(14-12-21-24(3)13-14)22-17-8-5-4-7-15(16)17/h4-5,7-8,11-13H,6,9-10H2,1-3H3,(H,20,25). The van der Waals surface area contributed by atoms with Gasteiger partial charge >= 0.3 is 0 Å². The summed E-state index contributed by atoms with van der Waals surface area (Å²) in [7, 11) is 5.92. The zero-order valence-corrected chi connectivity index (χ0v) is 14.9. The van der Waals surface area contributed by atoms with Crippen LogP contribution in [0.5, 0.6) is 0 Å². The van der Waals surface area contributed by atoms with Gasteiger partial charge in [-0.2, -0.15) is 5.10 Å². The Labute approximate surface area is 147 Å². The lowest BCUT2D eigenvalue weighted by atomic mass is 10.0. The highest BCUT2D eigenvalue weighted by Gasteiger charge is 2.14. The van der Waals surface area contributed by atoms with Crippen LogP contribution < -0.4 is 5.32 Å². The molecule has 0 aliphatic carbocycles. The average Bonchev–Trinajstić information content (AvgIpc) is 3.04. The largest absolute Gasteiger partial charge is 0.352 e. The molecule has 130 valence electrons. The van der Waals surface area contributed by atoms with Crippen molar-refractivity contribution in [3.05, 3.63) is 48.3 Å². The summed E-state index contributed by atoms with van der Waals surface area (Å²) in [6.45, 7) is 1.59. The number of nitrogens with zero attached hydrogens (tertiary/aromatic N) is 4. The second-order valence-electron chi connectivity index (χ2n) is 6.39. The van der Waals surface area contributed by atoms with Gasteiger partial charge in [-0.15, -0.1) is 0 Å². The van der Waals surface area contributed by atoms with Crippen molar-refractivity contribution in [3.63, 3.8) is 0 Å². The van der Waals surface area contributed by atoms with Crippen LogP contribution in [-0.2, 0) is 7.05 Å². The molecule has 6 heteroatoms. The lowest BCUT2D eigenvalue weighted by Crippen LogP contribution is -2.27. The smallest absolute Gasteiger partial charge is 0.252 e. The first kappa shape index (κ1) is 17.1. The number of aromatic nitrogens is 3. The molecular formula is C19H23N5O. The molecule has 0 bridgehead atoms. The van der Waals surface area contributed by atoms with E-state index in [0.29, 0.717) is 12.1 Å². The number of hydrogen-bond acceptors (Lipinski definition) is 4. The molecule has 2 heterocycles. The molecule has 0 aliphatic heterocycles. The van der Waals surface area contributed by atoms with Crippen molar-refractivity contribution in [1.82, 2.24) is 25.0 Å². The van der Waals surface area contributed by atoms with Crippen molar-refractivity contribution in [2.75, 3.05) is 27.2 Å². The SMILES string of the molecule is CN(C)CCCNC(=O)c1cc(-c2cnn(C)c2)nc2ccccc12. The quantitative estimate of drug-likeness (QED) is 0.701. The van der Waals surface area contributed by atoms with E-state index in [9.17, 15) is 4.79 Å². The van der Waals surface area contributed by atoms with Crippen molar-refractivity contribution < 1.29 is 4.79 Å². The van der Waals surface area contributed by atoms with E-state index in [-0.39, 0.29) is 5.91 Å². The van der Waals surface area contributed by atoms with Crippen LogP contribution in [-0.4, -0.2) is 52.8 Å². The van der Waals surface area contributed by atoms with Gasteiger partial charge in [0, 0.05) is 30.7 Å². The Morgan fingerprint density at radius 2 is 2.08 bits per heavy atom. The molecule has 0 fully saturated rings. The van der Waals surface area contributed by atoms with E-state index in [1.54, 1.807) is 10.9 Å². The molecule has 3 rings (SSSR count). The summed E-state index contributed by atoms with van der Waals surface area (Å²) >= 11 is 0. The summed E-state index contributed by atoms with van der Waals surface area (Å²) < 4.78 is 1.73. The summed E-state index contributed by atoms with van der Waals surface area (Å²) in [6.07, 6.45) is 4.57. The molecule has 0 saturated carbocycles. The molecule has 1 N–H and O–H groups in total. The molecule has 0 aliphatic rings. The molecule has 6 nitrogen and oxygen atoms in total. The van der Waals surface area contributed by atoms with Gasteiger partial charge in [0.05, 0.1) is 23.0 Å². The monoisotopic (exact) mass is 337 g/mol. The van der Waals surface area contributed by atoms with Gasteiger partial charge in [-0.05, 0) is 39.2 Å². The lowest BCUT2D eigenvalue weighted by molar-refractivity contribution is 0.0954. The molecule has 1 aromatic carbocycles. The minimum atomic E-state index is -0.0671. The number of pyridine rings is 1. The molecule has 0 saturated heterocycles. The molecule has 0 unspecified atom stereocenters. The highest BCUT2D eigenvalue weighted by Crippen LogP contribution is 2.24. The zero-order valence-electron chi connectivity index (χ0n) is 14.9. The normalized spacial score (nSPS) is 11.2. The molecule has 1 amide bonds. The van der Waals surface area contributed by atoms with Gasteiger partial charge in [0.1, 0.15) is 0 Å². The van der Waals surface area contributed by atoms with Crippen molar-refractivity contribution in [2.24, 2.45) is 7.05 Å². The second-order valence-corrected chi connectivity index (χ2v) is 6.39. The van der Waals surface area contributed by atoms with Gasteiger partial charge in [0.15, 0.2) is 0 Å². The Balaban J connectivity index is 1.91. The van der Waals surface area contributed by atoms with Crippen LogP contribution in [0.4, 0.5) is 0 Å². The summed E-state index contributed by atoms with van der Waals surface area (Å²) in [4.78, 5) is 19.5. The van der Waals surface area contributed by atoms with Crippen LogP contribution in [0.15, 0.2) is 42.7 Å². The molecule has 25 heavy (non-hydrogen) atoms. The topological polar surface area (TPSA) is 63.1 Å². The van der Waals surface area contributed by atoms with E-state index >= 15 is 0 Å². The second kappa shape index (κ2) is 7.44. The van der Waals surface area contributed by atoms with Gasteiger partial charge in [0.25, 0.3) is 5.91 Å². The summed E-state index contributed by atoms with van der Waals surface area (Å²) in [5.74, 6) is -0.0671. The number of rotatable bonds is 6. The molecule has 0 spiro atoms. The third kappa shape index (κ3) is 4.03. The Bertz CT molecular complexity index is 884. The van der Waals surface area contributed by atoms with E-state index in [2.05, 4.69) is 20.3 Å². The van der Waals surface area contributed by atoms with Gasteiger partial charge in [-0.3, -0.25) is 9.48 Å². The molecule has 3 aromatic rings. The minimum Gasteiger partial charge on any atom is -0.352 e.